The molecule has 4 aromatic heterocycles. The van der Waals surface area contributed by atoms with Gasteiger partial charge in [0.05, 0.1) is 23.4 Å². The molecule has 44 heavy (non-hydrogen) atoms. The smallest absolute Gasteiger partial charge is 0.383 e. The van der Waals surface area contributed by atoms with Crippen molar-refractivity contribution < 1.29 is 22.8 Å². The fourth-order valence-electron chi connectivity index (χ4n) is 6.54. The highest BCUT2D eigenvalue weighted by atomic mass is 79.9. The number of anilines is 1. The van der Waals surface area contributed by atoms with Crippen LogP contribution in [0.3, 0.4) is 0 Å². The van der Waals surface area contributed by atoms with Crippen molar-refractivity contribution in [2.75, 3.05) is 5.73 Å². The summed E-state index contributed by atoms with van der Waals surface area (Å²) in [7, 11) is 0. The van der Waals surface area contributed by atoms with Crippen LogP contribution in [0.4, 0.5) is 19.0 Å². The lowest BCUT2D eigenvalue weighted by Crippen LogP contribution is -2.45. The molecule has 2 fully saturated rings. The average molecular weight is 664 g/mol. The number of nitrogens with two attached hydrogens (primary N) is 1. The van der Waals surface area contributed by atoms with Gasteiger partial charge in [0.2, 0.25) is 5.91 Å². The molecular formula is C31H25BrF3N7O2. The van der Waals surface area contributed by atoms with E-state index < -0.39 is 17.9 Å². The fraction of sp³-hybridized carbons (Fsp3) is 0.290. The van der Waals surface area contributed by atoms with E-state index in [1.165, 1.54) is 12.4 Å². The second kappa shape index (κ2) is 10.4. The number of aromatic nitrogens is 5. The molecule has 1 saturated heterocycles. The molecule has 1 unspecified atom stereocenters. The highest BCUT2D eigenvalue weighted by Gasteiger charge is 2.55. The van der Waals surface area contributed by atoms with Crippen LogP contribution in [0.5, 0.6) is 0 Å². The third kappa shape index (κ3) is 4.88. The molecule has 9 nitrogen and oxygen atoms in total. The molecule has 1 amide bonds. The van der Waals surface area contributed by atoms with E-state index in [1.54, 1.807) is 33.7 Å². The minimum atomic E-state index is -4.59. The standard InChI is InChI=1S/C31H25BrF3N7O2/c1-15-7-17(16-5-6-37-24(11-16)31(33,34)35)8-20-27-29(36)38-14-39-30(27)41(28(15)20)13-26(44)42-21-9-18(21)10-22(42)23(43)12-19-3-2-4-25(32)40-19/h2-8,11,14,18,21-22H,9-10,12-13H2,1H3,(H2,36,38,39)/t18?,21-,22+/m1/s1. The molecule has 5 heterocycles. The number of halogens is 4. The van der Waals surface area contributed by atoms with Crippen LogP contribution in [-0.4, -0.2) is 53.2 Å². The summed E-state index contributed by atoms with van der Waals surface area (Å²) < 4.78 is 42.6. The quantitative estimate of drug-likeness (QED) is 0.238. The third-order valence-electron chi connectivity index (χ3n) is 8.52. The zero-order valence-corrected chi connectivity index (χ0v) is 24.9. The summed E-state index contributed by atoms with van der Waals surface area (Å²) >= 11 is 3.34. The van der Waals surface area contributed by atoms with E-state index in [0.717, 1.165) is 18.7 Å². The van der Waals surface area contributed by atoms with E-state index in [0.29, 0.717) is 61.3 Å². The molecule has 224 valence electrons. The summed E-state index contributed by atoms with van der Waals surface area (Å²) in [5.41, 5.74) is 8.63. The molecule has 1 aliphatic heterocycles. The van der Waals surface area contributed by atoms with E-state index in [1.807, 2.05) is 13.0 Å². The number of pyridine rings is 2. The van der Waals surface area contributed by atoms with Gasteiger partial charge < -0.3 is 15.2 Å². The molecule has 3 atom stereocenters. The zero-order chi connectivity index (χ0) is 30.9. The van der Waals surface area contributed by atoms with Crippen molar-refractivity contribution in [1.29, 1.82) is 0 Å². The molecule has 2 aliphatic rings. The van der Waals surface area contributed by atoms with Gasteiger partial charge in [-0.1, -0.05) is 6.07 Å². The van der Waals surface area contributed by atoms with Crippen LogP contribution in [0.25, 0.3) is 33.1 Å². The Morgan fingerprint density at radius 1 is 1.07 bits per heavy atom. The number of hydrogen-bond donors (Lipinski definition) is 1. The third-order valence-corrected chi connectivity index (χ3v) is 8.96. The number of carbonyl (C=O) groups excluding carboxylic acids is 2. The van der Waals surface area contributed by atoms with Crippen LogP contribution in [-0.2, 0) is 28.7 Å². The van der Waals surface area contributed by atoms with Gasteiger partial charge in [-0.15, -0.1) is 0 Å². The number of piperidine rings is 1. The van der Waals surface area contributed by atoms with Crippen molar-refractivity contribution in [3.8, 4) is 11.1 Å². The Morgan fingerprint density at radius 2 is 1.89 bits per heavy atom. The van der Waals surface area contributed by atoms with Gasteiger partial charge in [0.25, 0.3) is 0 Å². The van der Waals surface area contributed by atoms with Gasteiger partial charge in [0, 0.05) is 23.3 Å². The molecule has 0 spiro atoms. The molecule has 1 saturated carbocycles. The van der Waals surface area contributed by atoms with Crippen LogP contribution in [0.15, 0.2) is 59.6 Å². The van der Waals surface area contributed by atoms with Crippen LogP contribution < -0.4 is 5.73 Å². The molecule has 1 aliphatic carbocycles. The molecule has 0 bridgehead atoms. The Kier molecular flexibility index (Phi) is 6.68. The lowest BCUT2D eigenvalue weighted by atomic mass is 10.00. The normalized spacial score (nSPS) is 19.5. The summed E-state index contributed by atoms with van der Waals surface area (Å²) in [6.07, 6.45) is -0.535. The van der Waals surface area contributed by atoms with Gasteiger partial charge in [-0.2, -0.15) is 13.2 Å². The largest absolute Gasteiger partial charge is 0.433 e. The molecule has 13 heteroatoms. The highest BCUT2D eigenvalue weighted by Crippen LogP contribution is 2.48. The SMILES string of the molecule is Cc1cc(-c2ccnc(C(F)(F)F)c2)cc2c3c(N)ncnc3n(CC(=O)N3[C@@H]4CC4C[C@H]3C(=O)Cc3cccc(Br)n3)c12. The van der Waals surface area contributed by atoms with Crippen molar-refractivity contribution in [3.05, 3.63) is 76.5 Å². The van der Waals surface area contributed by atoms with Gasteiger partial charge in [-0.25, -0.2) is 15.0 Å². The number of benzene rings is 1. The molecular weight excluding hydrogens is 639 g/mol. The Hall–Kier alpha value is -4.39. The number of Topliss-reactive ketones (excluding diaryl/α,β-unsaturated/α-hetero) is 1. The van der Waals surface area contributed by atoms with Crippen molar-refractivity contribution in [2.45, 2.75) is 51.0 Å². The summed E-state index contributed by atoms with van der Waals surface area (Å²) in [6, 6.07) is 10.9. The summed E-state index contributed by atoms with van der Waals surface area (Å²) in [4.78, 5) is 45.6. The number of alkyl halides is 3. The lowest BCUT2D eigenvalue weighted by molar-refractivity contribution is -0.141. The van der Waals surface area contributed by atoms with E-state index in [2.05, 4.69) is 35.9 Å². The maximum Gasteiger partial charge on any atom is 0.433 e. The minimum absolute atomic E-state index is 0.0157. The topological polar surface area (TPSA) is 120 Å². The van der Waals surface area contributed by atoms with Crippen molar-refractivity contribution >= 4 is 55.4 Å². The predicted molar refractivity (Wildman–Crippen MR) is 160 cm³/mol. The van der Waals surface area contributed by atoms with Gasteiger partial charge in [-0.3, -0.25) is 14.6 Å². The van der Waals surface area contributed by atoms with Gasteiger partial charge in [0.1, 0.15) is 34.6 Å². The highest BCUT2D eigenvalue weighted by molar-refractivity contribution is 9.10. The zero-order valence-electron chi connectivity index (χ0n) is 23.3. The Morgan fingerprint density at radius 3 is 2.66 bits per heavy atom. The van der Waals surface area contributed by atoms with Crippen molar-refractivity contribution in [3.63, 3.8) is 0 Å². The predicted octanol–water partition coefficient (Wildman–Crippen LogP) is 5.51. The van der Waals surface area contributed by atoms with Gasteiger partial charge in [0.15, 0.2) is 5.78 Å². The van der Waals surface area contributed by atoms with Crippen LogP contribution in [0.2, 0.25) is 0 Å². The number of aryl methyl sites for hydroxylation is 1. The minimum Gasteiger partial charge on any atom is -0.383 e. The Bertz CT molecular complexity index is 1990. The lowest BCUT2D eigenvalue weighted by Gasteiger charge is -2.27. The monoisotopic (exact) mass is 663 g/mol. The fourth-order valence-corrected chi connectivity index (χ4v) is 6.92. The van der Waals surface area contributed by atoms with Gasteiger partial charge >= 0.3 is 6.18 Å². The summed E-state index contributed by atoms with van der Waals surface area (Å²) in [5, 5.41) is 1.12. The van der Waals surface area contributed by atoms with Gasteiger partial charge in [-0.05, 0) is 94.7 Å². The first kappa shape index (κ1) is 28.4. The van der Waals surface area contributed by atoms with Crippen molar-refractivity contribution in [2.24, 2.45) is 5.92 Å². The number of rotatable bonds is 6. The first-order valence-corrected chi connectivity index (χ1v) is 14.8. The first-order chi connectivity index (χ1) is 21.0. The number of amides is 1. The summed E-state index contributed by atoms with van der Waals surface area (Å²) in [5.74, 6) is 0.220. The molecule has 5 aromatic rings. The maximum absolute atomic E-state index is 14.0. The second-order valence-electron chi connectivity index (χ2n) is 11.4. The number of ketones is 1. The molecule has 0 radical (unpaired) electrons. The molecule has 1 aromatic carbocycles. The van der Waals surface area contributed by atoms with E-state index in [9.17, 15) is 22.8 Å². The number of likely N-dealkylation sites (tertiary alicyclic amines) is 1. The van der Waals surface area contributed by atoms with E-state index in [-0.39, 0.29) is 36.5 Å². The van der Waals surface area contributed by atoms with E-state index >= 15 is 0 Å². The molecule has 2 N–H and O–H groups in total. The first-order valence-electron chi connectivity index (χ1n) is 14.0. The number of nitrogen functional groups attached to an aromatic ring is 1. The molecule has 7 rings (SSSR count). The Balaban J connectivity index is 1.26. The number of carbonyl (C=O) groups is 2. The van der Waals surface area contributed by atoms with E-state index in [4.69, 9.17) is 5.73 Å². The average Bonchev–Trinajstić information content (AvgIpc) is 3.51. The number of fused-ring (bicyclic) bond motifs is 4. The Labute approximate surface area is 257 Å². The summed E-state index contributed by atoms with van der Waals surface area (Å²) in [6.45, 7) is 1.73. The number of hydrogen-bond acceptors (Lipinski definition) is 7. The van der Waals surface area contributed by atoms with Crippen LogP contribution in [0.1, 0.15) is 29.8 Å². The number of nitrogens with zero attached hydrogens (tertiary/aromatic N) is 6. The maximum atomic E-state index is 14.0. The van der Waals surface area contributed by atoms with Crippen LogP contribution in [0, 0.1) is 12.8 Å². The second-order valence-corrected chi connectivity index (χ2v) is 12.2. The van der Waals surface area contributed by atoms with Crippen LogP contribution >= 0.6 is 15.9 Å². The van der Waals surface area contributed by atoms with Crippen molar-refractivity contribution in [1.82, 2.24) is 29.4 Å².